The van der Waals surface area contributed by atoms with E-state index in [1.807, 2.05) is 18.2 Å². The Bertz CT molecular complexity index is 706. The molecule has 0 aromatic heterocycles. The highest BCUT2D eigenvalue weighted by Gasteiger charge is 2.23. The molecule has 24 heavy (non-hydrogen) atoms. The molecule has 1 N–H and O–H groups in total. The van der Waals surface area contributed by atoms with Crippen LogP contribution in [0.15, 0.2) is 54.6 Å². The highest BCUT2D eigenvalue weighted by atomic mass is 16.1. The third kappa shape index (κ3) is 3.73. The van der Waals surface area contributed by atoms with E-state index in [0.29, 0.717) is 28.5 Å². The summed E-state index contributed by atoms with van der Waals surface area (Å²) in [4.78, 5) is 24.6. The molecule has 124 valence electrons. The zero-order chi connectivity index (χ0) is 16.9. The van der Waals surface area contributed by atoms with Crippen LogP contribution in [-0.4, -0.2) is 18.2 Å². The second-order valence-electron chi connectivity index (χ2n) is 6.65. The standard InChI is InChI=1S/C21H23NO2/c1-15-6-5-9-19(15)14-22-21(24)18-12-10-17(11-13-18)20(23)16-7-3-2-4-8-16/h2-4,7-8,10-13,15,19H,5-6,9,14H2,1H3,(H,22,24). The molecule has 1 amide bonds. The highest BCUT2D eigenvalue weighted by Crippen LogP contribution is 2.30. The molecular weight excluding hydrogens is 298 g/mol. The van der Waals surface area contributed by atoms with Crippen molar-refractivity contribution >= 4 is 11.7 Å². The summed E-state index contributed by atoms with van der Waals surface area (Å²) in [6, 6.07) is 16.1. The summed E-state index contributed by atoms with van der Waals surface area (Å²) >= 11 is 0. The van der Waals surface area contributed by atoms with E-state index in [1.54, 1.807) is 36.4 Å². The first-order valence-electron chi connectivity index (χ1n) is 8.63. The summed E-state index contributed by atoms with van der Waals surface area (Å²) in [6.07, 6.45) is 3.72. The average Bonchev–Trinajstić information content (AvgIpc) is 3.05. The normalized spacial score (nSPS) is 19.9. The minimum Gasteiger partial charge on any atom is -0.352 e. The average molecular weight is 321 g/mol. The Morgan fingerprint density at radius 2 is 1.54 bits per heavy atom. The molecule has 0 heterocycles. The molecular formula is C21H23NO2. The Morgan fingerprint density at radius 3 is 2.17 bits per heavy atom. The molecule has 1 fully saturated rings. The van der Waals surface area contributed by atoms with Gasteiger partial charge in [0.15, 0.2) is 5.78 Å². The maximum atomic E-state index is 12.4. The number of benzene rings is 2. The first-order chi connectivity index (χ1) is 11.6. The van der Waals surface area contributed by atoms with Crippen molar-refractivity contribution in [2.45, 2.75) is 26.2 Å². The molecule has 0 radical (unpaired) electrons. The summed E-state index contributed by atoms with van der Waals surface area (Å²) in [5.74, 6) is 1.19. The Labute approximate surface area is 143 Å². The molecule has 0 aliphatic heterocycles. The molecule has 3 heteroatoms. The first kappa shape index (κ1) is 16.4. The van der Waals surface area contributed by atoms with Crippen LogP contribution in [0.5, 0.6) is 0 Å². The number of carbonyl (C=O) groups excluding carboxylic acids is 2. The maximum Gasteiger partial charge on any atom is 0.251 e. The van der Waals surface area contributed by atoms with Gasteiger partial charge in [-0.2, -0.15) is 0 Å². The van der Waals surface area contributed by atoms with E-state index in [0.717, 1.165) is 6.54 Å². The van der Waals surface area contributed by atoms with E-state index in [9.17, 15) is 9.59 Å². The van der Waals surface area contributed by atoms with Crippen LogP contribution in [0.25, 0.3) is 0 Å². The lowest BCUT2D eigenvalue weighted by Gasteiger charge is -2.15. The predicted octanol–water partition coefficient (Wildman–Crippen LogP) is 4.08. The summed E-state index contributed by atoms with van der Waals surface area (Å²) in [6.45, 7) is 3.00. The third-order valence-electron chi connectivity index (χ3n) is 5.01. The maximum absolute atomic E-state index is 12.4. The predicted molar refractivity (Wildman–Crippen MR) is 95.2 cm³/mol. The highest BCUT2D eigenvalue weighted by molar-refractivity contribution is 6.09. The van der Waals surface area contributed by atoms with E-state index in [2.05, 4.69) is 12.2 Å². The van der Waals surface area contributed by atoms with Gasteiger partial charge in [-0.25, -0.2) is 0 Å². The molecule has 0 saturated heterocycles. The van der Waals surface area contributed by atoms with Gasteiger partial charge in [-0.1, -0.05) is 62.2 Å². The van der Waals surface area contributed by atoms with Crippen molar-refractivity contribution in [3.8, 4) is 0 Å². The number of rotatable bonds is 5. The van der Waals surface area contributed by atoms with Gasteiger partial charge in [0, 0.05) is 23.2 Å². The van der Waals surface area contributed by atoms with Crippen LogP contribution in [0.3, 0.4) is 0 Å². The number of hydrogen-bond donors (Lipinski definition) is 1. The lowest BCUT2D eigenvalue weighted by atomic mass is 9.98. The van der Waals surface area contributed by atoms with Gasteiger partial charge >= 0.3 is 0 Å². The number of amides is 1. The van der Waals surface area contributed by atoms with Gasteiger partial charge < -0.3 is 5.32 Å². The molecule has 2 aromatic rings. The van der Waals surface area contributed by atoms with E-state index in [-0.39, 0.29) is 11.7 Å². The second-order valence-corrected chi connectivity index (χ2v) is 6.65. The van der Waals surface area contributed by atoms with Gasteiger partial charge in [0.2, 0.25) is 0 Å². The summed E-state index contributed by atoms with van der Waals surface area (Å²) in [5.41, 5.74) is 1.86. The van der Waals surface area contributed by atoms with Crippen LogP contribution >= 0.6 is 0 Å². The summed E-state index contributed by atoms with van der Waals surface area (Å²) in [5, 5.41) is 3.03. The first-order valence-corrected chi connectivity index (χ1v) is 8.63. The van der Waals surface area contributed by atoms with E-state index >= 15 is 0 Å². The molecule has 1 aliphatic rings. The van der Waals surface area contributed by atoms with Gasteiger partial charge in [-0.05, 0) is 30.4 Å². The topological polar surface area (TPSA) is 46.2 Å². The van der Waals surface area contributed by atoms with Crippen LogP contribution in [0.1, 0.15) is 52.5 Å². The zero-order valence-corrected chi connectivity index (χ0v) is 14.0. The number of ketones is 1. The number of carbonyl (C=O) groups is 2. The SMILES string of the molecule is CC1CCCC1CNC(=O)c1ccc(C(=O)c2ccccc2)cc1. The Morgan fingerprint density at radius 1 is 0.917 bits per heavy atom. The minimum atomic E-state index is -0.0622. The van der Waals surface area contributed by atoms with Crippen LogP contribution in [0, 0.1) is 11.8 Å². The molecule has 3 rings (SSSR count). The quantitative estimate of drug-likeness (QED) is 0.843. The molecule has 2 aromatic carbocycles. The lowest BCUT2D eigenvalue weighted by Crippen LogP contribution is -2.30. The van der Waals surface area contributed by atoms with Gasteiger partial charge in [0.05, 0.1) is 0 Å². The van der Waals surface area contributed by atoms with Gasteiger partial charge in [0.1, 0.15) is 0 Å². The van der Waals surface area contributed by atoms with Gasteiger partial charge in [-0.3, -0.25) is 9.59 Å². The van der Waals surface area contributed by atoms with Crippen molar-refractivity contribution in [1.82, 2.24) is 5.32 Å². The van der Waals surface area contributed by atoms with Crippen molar-refractivity contribution < 1.29 is 9.59 Å². The molecule has 1 aliphatic carbocycles. The lowest BCUT2D eigenvalue weighted by molar-refractivity contribution is 0.0943. The second kappa shape index (κ2) is 7.43. The fraction of sp³-hybridized carbons (Fsp3) is 0.333. The van der Waals surface area contributed by atoms with Gasteiger partial charge in [-0.15, -0.1) is 0 Å². The van der Waals surface area contributed by atoms with Crippen LogP contribution in [0.2, 0.25) is 0 Å². The van der Waals surface area contributed by atoms with Crippen molar-refractivity contribution in [2.24, 2.45) is 11.8 Å². The summed E-state index contributed by atoms with van der Waals surface area (Å²) < 4.78 is 0. The van der Waals surface area contributed by atoms with Crippen LogP contribution in [-0.2, 0) is 0 Å². The molecule has 0 spiro atoms. The van der Waals surface area contributed by atoms with Crippen LogP contribution < -0.4 is 5.32 Å². The Balaban J connectivity index is 1.61. The smallest absolute Gasteiger partial charge is 0.251 e. The van der Waals surface area contributed by atoms with Crippen LogP contribution in [0.4, 0.5) is 0 Å². The molecule has 0 bridgehead atoms. The van der Waals surface area contributed by atoms with Crippen molar-refractivity contribution in [3.05, 3.63) is 71.3 Å². The zero-order valence-electron chi connectivity index (χ0n) is 14.0. The van der Waals surface area contributed by atoms with E-state index < -0.39 is 0 Å². The van der Waals surface area contributed by atoms with E-state index in [4.69, 9.17) is 0 Å². The fourth-order valence-electron chi connectivity index (χ4n) is 3.38. The van der Waals surface area contributed by atoms with Crippen molar-refractivity contribution in [2.75, 3.05) is 6.54 Å². The van der Waals surface area contributed by atoms with E-state index in [1.165, 1.54) is 19.3 Å². The molecule has 2 unspecified atom stereocenters. The van der Waals surface area contributed by atoms with Crippen molar-refractivity contribution in [1.29, 1.82) is 0 Å². The minimum absolute atomic E-state index is 0.0256. The summed E-state index contributed by atoms with van der Waals surface area (Å²) in [7, 11) is 0. The Kier molecular flexibility index (Phi) is 5.09. The Hall–Kier alpha value is -2.42. The molecule has 2 atom stereocenters. The van der Waals surface area contributed by atoms with Gasteiger partial charge in [0.25, 0.3) is 5.91 Å². The van der Waals surface area contributed by atoms with Crippen molar-refractivity contribution in [3.63, 3.8) is 0 Å². The fourth-order valence-corrected chi connectivity index (χ4v) is 3.38. The monoisotopic (exact) mass is 321 g/mol. The third-order valence-corrected chi connectivity index (χ3v) is 5.01. The molecule has 3 nitrogen and oxygen atoms in total. The number of hydrogen-bond acceptors (Lipinski definition) is 2. The largest absolute Gasteiger partial charge is 0.352 e. The molecule has 1 saturated carbocycles. The number of nitrogens with one attached hydrogen (secondary N) is 1.